The number of ether oxygens (including phenoxy) is 1. The first-order valence-corrected chi connectivity index (χ1v) is 11.2. The number of esters is 1. The largest absolute Gasteiger partial charge is 0.469 e. The van der Waals surface area contributed by atoms with Crippen molar-refractivity contribution < 1.29 is 19.1 Å². The summed E-state index contributed by atoms with van der Waals surface area (Å²) in [4.78, 5) is 40.1. The van der Waals surface area contributed by atoms with Crippen LogP contribution in [0.3, 0.4) is 0 Å². The minimum Gasteiger partial charge on any atom is -0.469 e. The Morgan fingerprint density at radius 3 is 2.28 bits per heavy atom. The molecule has 0 aliphatic heterocycles. The SMILES string of the molecule is COC(=O)CCCCCCCCNC(=O)[C@H](CCCN=C(N)N)NC(=O)c1ccccc1. The number of carbonyl (C=O) groups is 3. The van der Waals surface area contributed by atoms with E-state index < -0.39 is 6.04 Å². The van der Waals surface area contributed by atoms with Gasteiger partial charge in [-0.25, -0.2) is 0 Å². The molecule has 0 spiro atoms. The molecule has 0 unspecified atom stereocenters. The van der Waals surface area contributed by atoms with Gasteiger partial charge in [-0.1, -0.05) is 43.9 Å². The fourth-order valence-electron chi connectivity index (χ4n) is 3.14. The van der Waals surface area contributed by atoms with E-state index in [2.05, 4.69) is 20.4 Å². The van der Waals surface area contributed by atoms with Crippen molar-refractivity contribution in [1.82, 2.24) is 10.6 Å². The van der Waals surface area contributed by atoms with Crippen LogP contribution in [0, 0.1) is 0 Å². The zero-order chi connectivity index (χ0) is 23.6. The predicted octanol–water partition coefficient (Wildman–Crippen LogP) is 1.86. The summed E-state index contributed by atoms with van der Waals surface area (Å²) in [5.41, 5.74) is 11.2. The molecule has 1 aromatic carbocycles. The Balaban J connectivity index is 2.36. The van der Waals surface area contributed by atoms with Crippen molar-refractivity contribution in [3.05, 3.63) is 35.9 Å². The fraction of sp³-hybridized carbons (Fsp3) is 0.565. The van der Waals surface area contributed by atoms with Crippen molar-refractivity contribution >= 4 is 23.7 Å². The van der Waals surface area contributed by atoms with E-state index >= 15 is 0 Å². The Hall–Kier alpha value is -3.10. The van der Waals surface area contributed by atoms with Gasteiger partial charge in [0.1, 0.15) is 6.04 Å². The van der Waals surface area contributed by atoms with E-state index in [4.69, 9.17) is 11.5 Å². The number of benzene rings is 1. The first-order chi connectivity index (χ1) is 15.4. The van der Waals surface area contributed by atoms with Gasteiger partial charge in [-0.15, -0.1) is 0 Å². The molecule has 9 nitrogen and oxygen atoms in total. The number of nitrogens with two attached hydrogens (primary N) is 2. The van der Waals surface area contributed by atoms with Crippen LogP contribution >= 0.6 is 0 Å². The minimum absolute atomic E-state index is 0.00428. The molecule has 0 bridgehead atoms. The maximum Gasteiger partial charge on any atom is 0.305 e. The van der Waals surface area contributed by atoms with Crippen molar-refractivity contribution in [2.45, 2.75) is 63.8 Å². The summed E-state index contributed by atoms with van der Waals surface area (Å²) in [6, 6.07) is 8.13. The molecule has 6 N–H and O–H groups in total. The predicted molar refractivity (Wildman–Crippen MR) is 125 cm³/mol. The van der Waals surface area contributed by atoms with Crippen LogP contribution in [0.15, 0.2) is 35.3 Å². The maximum atomic E-state index is 12.6. The lowest BCUT2D eigenvalue weighted by Crippen LogP contribution is -2.47. The molecule has 0 fully saturated rings. The molecule has 0 saturated carbocycles. The lowest BCUT2D eigenvalue weighted by atomic mass is 10.1. The van der Waals surface area contributed by atoms with Crippen molar-refractivity contribution in [3.8, 4) is 0 Å². The number of amides is 2. The van der Waals surface area contributed by atoms with Gasteiger partial charge in [0.15, 0.2) is 5.96 Å². The Morgan fingerprint density at radius 2 is 1.62 bits per heavy atom. The van der Waals surface area contributed by atoms with Gasteiger partial charge in [0.05, 0.1) is 7.11 Å². The third kappa shape index (κ3) is 12.6. The molecule has 0 aromatic heterocycles. The molecule has 1 rings (SSSR count). The number of nitrogens with zero attached hydrogens (tertiary/aromatic N) is 1. The summed E-state index contributed by atoms with van der Waals surface area (Å²) >= 11 is 0. The minimum atomic E-state index is -0.657. The van der Waals surface area contributed by atoms with Crippen molar-refractivity contribution in [1.29, 1.82) is 0 Å². The third-order valence-corrected chi connectivity index (χ3v) is 4.94. The van der Waals surface area contributed by atoms with Gasteiger partial charge in [0.25, 0.3) is 5.91 Å². The highest BCUT2D eigenvalue weighted by molar-refractivity contribution is 5.97. The third-order valence-electron chi connectivity index (χ3n) is 4.94. The van der Waals surface area contributed by atoms with Gasteiger partial charge in [-0.2, -0.15) is 0 Å². The van der Waals surface area contributed by atoms with Crippen LogP contribution in [0.2, 0.25) is 0 Å². The van der Waals surface area contributed by atoms with Crippen molar-refractivity contribution in [2.24, 2.45) is 16.5 Å². The lowest BCUT2D eigenvalue weighted by Gasteiger charge is -2.18. The highest BCUT2D eigenvalue weighted by atomic mass is 16.5. The molecule has 0 aliphatic rings. The molecule has 9 heteroatoms. The van der Waals surface area contributed by atoms with E-state index in [1.54, 1.807) is 24.3 Å². The summed E-state index contributed by atoms with van der Waals surface area (Å²) in [6.07, 6.45) is 7.23. The van der Waals surface area contributed by atoms with E-state index in [1.165, 1.54) is 7.11 Å². The van der Waals surface area contributed by atoms with Gasteiger partial charge in [0, 0.05) is 25.1 Å². The number of unbranched alkanes of at least 4 members (excludes halogenated alkanes) is 5. The molecule has 1 aromatic rings. The monoisotopic (exact) mass is 447 g/mol. The molecule has 32 heavy (non-hydrogen) atoms. The van der Waals surface area contributed by atoms with Gasteiger partial charge >= 0.3 is 5.97 Å². The summed E-state index contributed by atoms with van der Waals surface area (Å²) in [5.74, 6) is -0.666. The topological polar surface area (TPSA) is 149 Å². The molecular weight excluding hydrogens is 410 g/mol. The Kier molecular flexibility index (Phi) is 14.0. The first-order valence-electron chi connectivity index (χ1n) is 11.2. The molecule has 0 radical (unpaired) electrons. The number of hydrogen-bond acceptors (Lipinski definition) is 5. The van der Waals surface area contributed by atoms with Crippen LogP contribution in [-0.2, 0) is 14.3 Å². The van der Waals surface area contributed by atoms with E-state index in [-0.39, 0.29) is 23.7 Å². The highest BCUT2D eigenvalue weighted by Crippen LogP contribution is 2.08. The van der Waals surface area contributed by atoms with Crippen LogP contribution in [0.5, 0.6) is 0 Å². The zero-order valence-corrected chi connectivity index (χ0v) is 19.0. The number of methoxy groups -OCH3 is 1. The zero-order valence-electron chi connectivity index (χ0n) is 19.0. The number of hydrogen-bond donors (Lipinski definition) is 4. The van der Waals surface area contributed by atoms with E-state index in [0.717, 1.165) is 38.5 Å². The summed E-state index contributed by atoms with van der Waals surface area (Å²) in [7, 11) is 1.40. The van der Waals surface area contributed by atoms with Crippen LogP contribution < -0.4 is 22.1 Å². The number of aliphatic imine (C=N–C) groups is 1. The van der Waals surface area contributed by atoms with Crippen molar-refractivity contribution in [2.75, 3.05) is 20.2 Å². The second-order valence-corrected chi connectivity index (χ2v) is 7.58. The maximum absolute atomic E-state index is 12.6. The highest BCUT2D eigenvalue weighted by Gasteiger charge is 2.20. The quantitative estimate of drug-likeness (QED) is 0.131. The standard InChI is InChI=1S/C23H37N5O4/c1-32-20(29)15-9-4-2-3-5-10-16-26-22(31)19(14-11-17-27-23(24)25)28-21(30)18-12-7-6-8-13-18/h6-8,12-13,19H,2-5,9-11,14-17H2,1H3,(H,26,31)(H,28,30)(H4,24,25,27)/t19-/m0/s1. The Bertz CT molecular complexity index is 720. The normalized spacial score (nSPS) is 11.3. The molecule has 178 valence electrons. The molecule has 0 aliphatic carbocycles. The van der Waals surface area contributed by atoms with Gasteiger partial charge < -0.3 is 26.8 Å². The first kappa shape index (κ1) is 26.9. The second-order valence-electron chi connectivity index (χ2n) is 7.58. The molecule has 2 amide bonds. The summed E-state index contributed by atoms with van der Waals surface area (Å²) < 4.78 is 4.62. The van der Waals surface area contributed by atoms with Crippen LogP contribution in [0.1, 0.15) is 68.1 Å². The van der Waals surface area contributed by atoms with Gasteiger partial charge in [-0.3, -0.25) is 19.4 Å². The number of nitrogens with one attached hydrogen (secondary N) is 2. The average Bonchev–Trinajstić information content (AvgIpc) is 2.79. The van der Waals surface area contributed by atoms with E-state index in [0.29, 0.717) is 37.9 Å². The van der Waals surface area contributed by atoms with Crippen LogP contribution in [-0.4, -0.2) is 50.0 Å². The smallest absolute Gasteiger partial charge is 0.305 e. The van der Waals surface area contributed by atoms with E-state index in [1.807, 2.05) is 6.07 Å². The number of rotatable bonds is 16. The fourth-order valence-corrected chi connectivity index (χ4v) is 3.14. The van der Waals surface area contributed by atoms with Gasteiger partial charge in [0.2, 0.25) is 5.91 Å². The molecule has 0 saturated heterocycles. The van der Waals surface area contributed by atoms with E-state index in [9.17, 15) is 14.4 Å². The lowest BCUT2D eigenvalue weighted by molar-refractivity contribution is -0.140. The number of carbonyl (C=O) groups excluding carboxylic acids is 3. The van der Waals surface area contributed by atoms with Crippen LogP contribution in [0.4, 0.5) is 0 Å². The summed E-state index contributed by atoms with van der Waals surface area (Å²) in [6.45, 7) is 0.940. The molecular formula is C23H37N5O4. The van der Waals surface area contributed by atoms with Crippen LogP contribution in [0.25, 0.3) is 0 Å². The van der Waals surface area contributed by atoms with Gasteiger partial charge in [-0.05, 0) is 37.8 Å². The second kappa shape index (κ2) is 16.6. The summed E-state index contributed by atoms with van der Waals surface area (Å²) in [5, 5.41) is 5.72. The molecule has 0 heterocycles. The van der Waals surface area contributed by atoms with Crippen molar-refractivity contribution in [3.63, 3.8) is 0 Å². The number of guanidine groups is 1. The average molecular weight is 448 g/mol. The Morgan fingerprint density at radius 1 is 0.969 bits per heavy atom. The Labute approximate surface area is 190 Å². The molecule has 1 atom stereocenters.